The van der Waals surface area contributed by atoms with E-state index in [0.717, 1.165) is 18.2 Å². The lowest BCUT2D eigenvalue weighted by atomic mass is 10.2. The molecule has 1 N–H and O–H groups in total. The maximum atomic E-state index is 11.9. The number of rotatable bonds is 4. The molecule has 7 nitrogen and oxygen atoms in total. The Labute approximate surface area is 110 Å². The van der Waals surface area contributed by atoms with Gasteiger partial charge in [0, 0.05) is 18.1 Å². The third-order valence-electron chi connectivity index (χ3n) is 2.42. The van der Waals surface area contributed by atoms with Crippen molar-refractivity contribution in [1.82, 2.24) is 4.72 Å². The van der Waals surface area contributed by atoms with E-state index in [2.05, 4.69) is 0 Å². The Balaban J connectivity index is 3.16. The predicted molar refractivity (Wildman–Crippen MR) is 68.0 cm³/mol. The van der Waals surface area contributed by atoms with Gasteiger partial charge in [-0.2, -0.15) is 0 Å². The van der Waals surface area contributed by atoms with Crippen LogP contribution in [0, 0.1) is 23.0 Å². The molecule has 1 amide bonds. The van der Waals surface area contributed by atoms with Gasteiger partial charge in [-0.1, -0.05) is 13.8 Å². The number of sulfonamides is 1. The number of nitro groups is 1. The summed E-state index contributed by atoms with van der Waals surface area (Å²) in [4.78, 5) is 21.2. The van der Waals surface area contributed by atoms with Crippen LogP contribution in [0.25, 0.3) is 0 Å². The SMILES string of the molecule is Cc1cc([N+](=O)[O-])ccc1S(=O)(=O)NC(=O)C(C)C. The number of aryl methyl sites for hydroxylation is 1. The van der Waals surface area contributed by atoms with Gasteiger partial charge in [-0.25, -0.2) is 13.1 Å². The number of amides is 1. The lowest BCUT2D eigenvalue weighted by Gasteiger charge is -2.10. The van der Waals surface area contributed by atoms with E-state index in [0.29, 0.717) is 0 Å². The molecular weight excluding hydrogens is 272 g/mol. The summed E-state index contributed by atoms with van der Waals surface area (Å²) in [5.41, 5.74) is 0.00453. The van der Waals surface area contributed by atoms with E-state index in [1.807, 2.05) is 4.72 Å². The maximum Gasteiger partial charge on any atom is 0.269 e. The van der Waals surface area contributed by atoms with Gasteiger partial charge in [0.1, 0.15) is 0 Å². The minimum absolute atomic E-state index is 0.146. The van der Waals surface area contributed by atoms with Gasteiger partial charge in [0.05, 0.1) is 9.82 Å². The fourth-order valence-corrected chi connectivity index (χ4v) is 2.69. The molecule has 1 aromatic rings. The minimum atomic E-state index is -4.00. The first-order chi connectivity index (χ1) is 8.65. The molecule has 0 aliphatic heterocycles. The fourth-order valence-electron chi connectivity index (χ4n) is 1.35. The first-order valence-electron chi connectivity index (χ1n) is 5.47. The molecule has 8 heteroatoms. The van der Waals surface area contributed by atoms with Crippen LogP contribution in [-0.2, 0) is 14.8 Å². The van der Waals surface area contributed by atoms with Crippen LogP contribution in [0.1, 0.15) is 19.4 Å². The van der Waals surface area contributed by atoms with Crippen molar-refractivity contribution in [2.24, 2.45) is 5.92 Å². The third kappa shape index (κ3) is 3.50. The lowest BCUT2D eigenvalue weighted by Crippen LogP contribution is -2.34. The van der Waals surface area contributed by atoms with Crippen molar-refractivity contribution < 1.29 is 18.1 Å². The molecule has 0 fully saturated rings. The van der Waals surface area contributed by atoms with Crippen LogP contribution >= 0.6 is 0 Å². The number of nitro benzene ring substituents is 1. The molecular formula is C11H14N2O5S. The van der Waals surface area contributed by atoms with Gasteiger partial charge in [-0.15, -0.1) is 0 Å². The van der Waals surface area contributed by atoms with Gasteiger partial charge in [0.25, 0.3) is 15.7 Å². The van der Waals surface area contributed by atoms with Crippen LogP contribution < -0.4 is 4.72 Å². The van der Waals surface area contributed by atoms with Crippen molar-refractivity contribution in [1.29, 1.82) is 0 Å². The molecule has 0 saturated heterocycles. The van der Waals surface area contributed by atoms with Crippen LogP contribution in [0.2, 0.25) is 0 Å². The Morgan fingerprint density at radius 3 is 2.37 bits per heavy atom. The molecule has 0 unspecified atom stereocenters. The minimum Gasteiger partial charge on any atom is -0.274 e. The van der Waals surface area contributed by atoms with E-state index in [1.165, 1.54) is 6.92 Å². The van der Waals surface area contributed by atoms with E-state index < -0.39 is 26.8 Å². The van der Waals surface area contributed by atoms with Crippen LogP contribution in [0.5, 0.6) is 0 Å². The number of nitrogens with one attached hydrogen (secondary N) is 1. The monoisotopic (exact) mass is 286 g/mol. The van der Waals surface area contributed by atoms with E-state index in [4.69, 9.17) is 0 Å². The molecule has 104 valence electrons. The molecule has 0 bridgehead atoms. The molecule has 0 heterocycles. The second-order valence-electron chi connectivity index (χ2n) is 4.33. The van der Waals surface area contributed by atoms with E-state index in [-0.39, 0.29) is 16.1 Å². The smallest absolute Gasteiger partial charge is 0.269 e. The summed E-state index contributed by atoms with van der Waals surface area (Å²) in [6.45, 7) is 4.56. The third-order valence-corrected chi connectivity index (χ3v) is 3.93. The molecule has 1 aromatic carbocycles. The number of benzene rings is 1. The molecule has 0 atom stereocenters. The Morgan fingerprint density at radius 2 is 1.95 bits per heavy atom. The van der Waals surface area contributed by atoms with Crippen LogP contribution in [0.15, 0.2) is 23.1 Å². The number of hydrogen-bond donors (Lipinski definition) is 1. The average molecular weight is 286 g/mol. The van der Waals surface area contributed by atoms with Gasteiger partial charge in [-0.05, 0) is 18.6 Å². The zero-order valence-corrected chi connectivity index (χ0v) is 11.5. The van der Waals surface area contributed by atoms with Crippen LogP contribution in [0.4, 0.5) is 5.69 Å². The fraction of sp³-hybridized carbons (Fsp3) is 0.364. The van der Waals surface area contributed by atoms with Gasteiger partial charge in [-0.3, -0.25) is 14.9 Å². The zero-order chi connectivity index (χ0) is 14.8. The second kappa shape index (κ2) is 5.35. The highest BCUT2D eigenvalue weighted by atomic mass is 32.2. The molecule has 1 rings (SSSR count). The van der Waals surface area contributed by atoms with Crippen molar-refractivity contribution >= 4 is 21.6 Å². The van der Waals surface area contributed by atoms with Crippen molar-refractivity contribution in [2.45, 2.75) is 25.7 Å². The summed E-state index contributed by atoms with van der Waals surface area (Å²) in [6, 6.07) is 3.35. The van der Waals surface area contributed by atoms with E-state index in [1.54, 1.807) is 13.8 Å². The van der Waals surface area contributed by atoms with E-state index >= 15 is 0 Å². The maximum absolute atomic E-state index is 11.9. The number of non-ortho nitro benzene ring substituents is 1. The number of carbonyl (C=O) groups excluding carboxylic acids is 1. The summed E-state index contributed by atoms with van der Waals surface area (Å²) in [6.07, 6.45) is 0. The van der Waals surface area contributed by atoms with E-state index in [9.17, 15) is 23.3 Å². The topological polar surface area (TPSA) is 106 Å². The largest absolute Gasteiger partial charge is 0.274 e. The summed E-state index contributed by atoms with van der Waals surface area (Å²) in [5.74, 6) is -1.11. The van der Waals surface area contributed by atoms with Crippen molar-refractivity contribution in [3.63, 3.8) is 0 Å². The van der Waals surface area contributed by atoms with Crippen molar-refractivity contribution in [2.75, 3.05) is 0 Å². The van der Waals surface area contributed by atoms with Crippen LogP contribution in [-0.4, -0.2) is 19.2 Å². The Morgan fingerprint density at radius 1 is 1.37 bits per heavy atom. The number of carbonyl (C=O) groups is 1. The highest BCUT2D eigenvalue weighted by Gasteiger charge is 2.22. The van der Waals surface area contributed by atoms with Gasteiger partial charge >= 0.3 is 0 Å². The number of hydrogen-bond acceptors (Lipinski definition) is 5. The molecule has 19 heavy (non-hydrogen) atoms. The highest BCUT2D eigenvalue weighted by molar-refractivity contribution is 7.90. The molecule has 0 saturated carbocycles. The van der Waals surface area contributed by atoms with Gasteiger partial charge < -0.3 is 0 Å². The Hall–Kier alpha value is -1.96. The molecule has 0 aliphatic rings. The molecule has 0 radical (unpaired) electrons. The number of nitrogens with zero attached hydrogens (tertiary/aromatic N) is 1. The van der Waals surface area contributed by atoms with Gasteiger partial charge in [0.2, 0.25) is 5.91 Å². The first-order valence-corrected chi connectivity index (χ1v) is 6.95. The molecule has 0 aromatic heterocycles. The first kappa shape index (κ1) is 15.1. The molecule has 0 spiro atoms. The second-order valence-corrected chi connectivity index (χ2v) is 5.98. The van der Waals surface area contributed by atoms with Crippen LogP contribution in [0.3, 0.4) is 0 Å². The average Bonchev–Trinajstić information content (AvgIpc) is 2.27. The Kier molecular flexibility index (Phi) is 4.25. The predicted octanol–water partition coefficient (Wildman–Crippen LogP) is 1.36. The summed E-state index contributed by atoms with van der Waals surface area (Å²) >= 11 is 0. The lowest BCUT2D eigenvalue weighted by molar-refractivity contribution is -0.385. The molecule has 0 aliphatic carbocycles. The normalized spacial score (nSPS) is 11.4. The Bertz CT molecular complexity index is 622. The summed E-state index contributed by atoms with van der Waals surface area (Å²) in [5, 5.41) is 10.6. The highest BCUT2D eigenvalue weighted by Crippen LogP contribution is 2.21. The van der Waals surface area contributed by atoms with Gasteiger partial charge in [0.15, 0.2) is 0 Å². The summed E-state index contributed by atoms with van der Waals surface area (Å²) in [7, 11) is -4.00. The van der Waals surface area contributed by atoms with Crippen molar-refractivity contribution in [3.05, 3.63) is 33.9 Å². The zero-order valence-electron chi connectivity index (χ0n) is 10.7. The quantitative estimate of drug-likeness (QED) is 0.664. The summed E-state index contributed by atoms with van der Waals surface area (Å²) < 4.78 is 25.8. The van der Waals surface area contributed by atoms with Crippen molar-refractivity contribution in [3.8, 4) is 0 Å². The standard InChI is InChI=1S/C11H14N2O5S/c1-7(2)11(14)12-19(17,18)10-5-4-9(13(15)16)6-8(10)3/h4-7H,1-3H3,(H,12,14).